The van der Waals surface area contributed by atoms with Crippen molar-refractivity contribution in [2.45, 2.75) is 19.4 Å². The fourth-order valence-electron chi connectivity index (χ4n) is 0.840. The molecule has 0 aliphatic carbocycles. The minimum Gasteiger partial charge on any atom is -0.320 e. The van der Waals surface area contributed by atoms with Crippen molar-refractivity contribution >= 4 is 27.4 Å². The van der Waals surface area contributed by atoms with E-state index in [-0.39, 0.29) is 11.8 Å². The van der Waals surface area contributed by atoms with Gasteiger partial charge in [-0.2, -0.15) is 0 Å². The third-order valence-corrected chi connectivity index (χ3v) is 3.02. The van der Waals surface area contributed by atoms with E-state index in [0.717, 1.165) is 13.0 Å². The number of Topliss-reactive ketones (excluding diaryl/α,β-unsaturated/α-hetero) is 1. The number of hydrogen-bond donors (Lipinski definition) is 2. The highest BCUT2D eigenvalue weighted by Crippen LogP contribution is 2.09. The van der Waals surface area contributed by atoms with Crippen molar-refractivity contribution in [1.29, 1.82) is 0 Å². The van der Waals surface area contributed by atoms with Gasteiger partial charge < -0.3 is 10.6 Å². The fourth-order valence-corrected chi connectivity index (χ4v) is 0.840. The van der Waals surface area contributed by atoms with Gasteiger partial charge in [0.05, 0.1) is 6.04 Å². The maximum absolute atomic E-state index is 10.8. The topological polar surface area (TPSA) is 41.1 Å². The van der Waals surface area contributed by atoms with Crippen molar-refractivity contribution < 1.29 is 4.79 Å². The van der Waals surface area contributed by atoms with Crippen LogP contribution in [0.2, 0.25) is 0 Å². The number of carbonyl (C=O) groups is 1. The Morgan fingerprint density at radius 3 is 2.00 bits per heavy atom. The Morgan fingerprint density at radius 1 is 1.29 bits per heavy atom. The van der Waals surface area contributed by atoms with Crippen LogP contribution >= 0.6 is 21.6 Å². The molecule has 5 heteroatoms. The molecule has 0 saturated carbocycles. The first-order valence-corrected chi connectivity index (χ1v) is 7.49. The highest BCUT2D eigenvalue weighted by molar-refractivity contribution is 8.76. The molecule has 1 atom stereocenters. The van der Waals surface area contributed by atoms with E-state index in [1.54, 1.807) is 28.5 Å². The number of hydrogen-bond acceptors (Lipinski definition) is 5. The smallest absolute Gasteiger partial charge is 0.146 e. The fraction of sp³-hybridized carbons (Fsp3) is 0.889. The summed E-state index contributed by atoms with van der Waals surface area (Å²) in [4.78, 5) is 10.8. The molecule has 0 rings (SSSR count). The summed E-state index contributed by atoms with van der Waals surface area (Å²) in [5.41, 5.74) is 0. The van der Waals surface area contributed by atoms with E-state index in [1.165, 1.54) is 0 Å². The second kappa shape index (κ2) is 13.3. The minimum atomic E-state index is 0.0208. The lowest BCUT2D eigenvalue weighted by Gasteiger charge is -2.10. The summed E-state index contributed by atoms with van der Waals surface area (Å²) in [6.45, 7) is 2.49. The molecular formula is C9H22N2OS2. The van der Waals surface area contributed by atoms with Crippen LogP contribution in [-0.2, 0) is 4.79 Å². The van der Waals surface area contributed by atoms with E-state index in [9.17, 15) is 4.79 Å². The molecule has 0 aromatic heterocycles. The van der Waals surface area contributed by atoms with Crippen LogP contribution < -0.4 is 10.6 Å². The molecule has 0 amide bonds. The van der Waals surface area contributed by atoms with Gasteiger partial charge in [-0.1, -0.05) is 21.6 Å². The summed E-state index contributed by atoms with van der Waals surface area (Å²) in [5, 5.41) is 5.94. The molecule has 0 heterocycles. The van der Waals surface area contributed by atoms with E-state index < -0.39 is 0 Å². The largest absolute Gasteiger partial charge is 0.320 e. The van der Waals surface area contributed by atoms with E-state index in [0.29, 0.717) is 0 Å². The third-order valence-electron chi connectivity index (χ3n) is 1.69. The highest BCUT2D eigenvalue weighted by Gasteiger charge is 2.08. The van der Waals surface area contributed by atoms with Crippen LogP contribution in [0.25, 0.3) is 0 Å². The number of ketones is 1. The number of rotatable bonds is 6. The van der Waals surface area contributed by atoms with Crippen molar-refractivity contribution in [1.82, 2.24) is 10.6 Å². The lowest BCUT2D eigenvalue weighted by Crippen LogP contribution is -2.34. The molecule has 0 aliphatic rings. The summed E-state index contributed by atoms with van der Waals surface area (Å²) in [6, 6.07) is 0.0208. The molecule has 0 aromatic rings. The minimum absolute atomic E-state index is 0.0208. The van der Waals surface area contributed by atoms with Gasteiger partial charge in [0.2, 0.25) is 0 Å². The Morgan fingerprint density at radius 2 is 1.79 bits per heavy atom. The molecule has 3 nitrogen and oxygen atoms in total. The summed E-state index contributed by atoms with van der Waals surface area (Å²) in [7, 11) is 7.24. The summed E-state index contributed by atoms with van der Waals surface area (Å²) in [6.07, 6.45) is 4.98. The van der Waals surface area contributed by atoms with Gasteiger partial charge in [0.15, 0.2) is 0 Å². The number of likely N-dealkylation sites (N-methyl/N-ethyl adjacent to an activating group) is 1. The van der Waals surface area contributed by atoms with Gasteiger partial charge in [0, 0.05) is 0 Å². The Bertz CT molecular complexity index is 132. The van der Waals surface area contributed by atoms with Gasteiger partial charge in [0.1, 0.15) is 5.78 Å². The maximum atomic E-state index is 10.8. The van der Waals surface area contributed by atoms with Crippen LogP contribution in [0, 0.1) is 0 Å². The van der Waals surface area contributed by atoms with Crippen molar-refractivity contribution in [3.63, 3.8) is 0 Å². The lowest BCUT2D eigenvalue weighted by molar-refractivity contribution is -0.118. The van der Waals surface area contributed by atoms with Gasteiger partial charge in [-0.25, -0.2) is 0 Å². The van der Waals surface area contributed by atoms with Gasteiger partial charge in [-0.05, 0) is 46.5 Å². The molecule has 0 bridgehead atoms. The van der Waals surface area contributed by atoms with Gasteiger partial charge in [-0.15, -0.1) is 0 Å². The SMILES string of the molecule is CNCC[C@H](NC)C(C)=O.CSSC. The average Bonchev–Trinajstić information content (AvgIpc) is 2.19. The number of nitrogens with one attached hydrogen (secondary N) is 2. The molecule has 14 heavy (non-hydrogen) atoms. The van der Waals surface area contributed by atoms with Crippen molar-refractivity contribution in [3.05, 3.63) is 0 Å². The second-order valence-electron chi connectivity index (χ2n) is 2.68. The van der Waals surface area contributed by atoms with E-state index in [1.807, 2.05) is 14.1 Å². The molecule has 0 spiro atoms. The first-order valence-electron chi connectivity index (χ1n) is 4.53. The van der Waals surface area contributed by atoms with E-state index in [2.05, 4.69) is 23.1 Å². The standard InChI is InChI=1S/C7H16N2O.C2H6S2/c1-6(10)7(9-3)4-5-8-2;1-3-4-2/h7-9H,4-5H2,1-3H3;1-2H3/t7-;/m0./s1. The van der Waals surface area contributed by atoms with Crippen LogP contribution in [0.4, 0.5) is 0 Å². The third kappa shape index (κ3) is 12.3. The Balaban J connectivity index is 0. The summed E-state index contributed by atoms with van der Waals surface area (Å²) >= 11 is 0. The molecule has 0 fully saturated rings. The average molecular weight is 238 g/mol. The zero-order valence-corrected chi connectivity index (χ0v) is 11.3. The van der Waals surface area contributed by atoms with Crippen LogP contribution in [0.3, 0.4) is 0 Å². The monoisotopic (exact) mass is 238 g/mol. The van der Waals surface area contributed by atoms with Crippen molar-refractivity contribution in [2.75, 3.05) is 33.2 Å². The zero-order chi connectivity index (χ0) is 11.4. The summed E-state index contributed by atoms with van der Waals surface area (Å²) in [5.74, 6) is 0.206. The van der Waals surface area contributed by atoms with Crippen LogP contribution in [0.15, 0.2) is 0 Å². The predicted molar refractivity (Wildman–Crippen MR) is 69.1 cm³/mol. The Kier molecular flexibility index (Phi) is 15.9. The quantitative estimate of drug-likeness (QED) is 0.685. The molecule has 0 aliphatic heterocycles. The second-order valence-corrected chi connectivity index (χ2v) is 5.34. The highest BCUT2D eigenvalue weighted by atomic mass is 33.1. The first kappa shape index (κ1) is 16.7. The predicted octanol–water partition coefficient (Wildman–Crippen LogP) is 1.40. The van der Waals surface area contributed by atoms with Crippen molar-refractivity contribution in [2.24, 2.45) is 0 Å². The van der Waals surface area contributed by atoms with Gasteiger partial charge >= 0.3 is 0 Å². The molecule has 0 radical (unpaired) electrons. The van der Waals surface area contributed by atoms with Gasteiger partial charge in [-0.3, -0.25) is 4.79 Å². The molecule has 0 unspecified atom stereocenters. The Hall–Kier alpha value is 0.290. The molecule has 0 saturated heterocycles. The van der Waals surface area contributed by atoms with E-state index in [4.69, 9.17) is 0 Å². The number of carbonyl (C=O) groups excluding carboxylic acids is 1. The first-order chi connectivity index (χ1) is 6.63. The normalized spacial score (nSPS) is 11.5. The molecule has 2 N–H and O–H groups in total. The van der Waals surface area contributed by atoms with Crippen LogP contribution in [0.5, 0.6) is 0 Å². The van der Waals surface area contributed by atoms with Crippen molar-refractivity contribution in [3.8, 4) is 0 Å². The molecular weight excluding hydrogens is 216 g/mol. The lowest BCUT2D eigenvalue weighted by atomic mass is 10.1. The van der Waals surface area contributed by atoms with Crippen LogP contribution in [0.1, 0.15) is 13.3 Å². The van der Waals surface area contributed by atoms with Gasteiger partial charge in [0.25, 0.3) is 0 Å². The zero-order valence-electron chi connectivity index (χ0n) is 9.72. The van der Waals surface area contributed by atoms with Crippen LogP contribution in [-0.4, -0.2) is 45.0 Å². The Labute approximate surface area is 95.6 Å². The maximum Gasteiger partial charge on any atom is 0.146 e. The van der Waals surface area contributed by atoms with E-state index >= 15 is 0 Å². The molecule has 0 aromatic carbocycles. The summed E-state index contributed by atoms with van der Waals surface area (Å²) < 4.78 is 0. The molecule has 86 valence electrons.